The van der Waals surface area contributed by atoms with Gasteiger partial charge in [-0.15, -0.1) is 0 Å². The first-order valence-electron chi connectivity index (χ1n) is 10.5. The highest BCUT2D eigenvalue weighted by Crippen LogP contribution is 2.30. The van der Waals surface area contributed by atoms with Crippen molar-refractivity contribution in [1.82, 2.24) is 9.88 Å². The van der Waals surface area contributed by atoms with Gasteiger partial charge in [-0.2, -0.15) is 0 Å². The molecule has 0 N–H and O–H groups in total. The van der Waals surface area contributed by atoms with Gasteiger partial charge in [0.2, 0.25) is 5.91 Å². The Morgan fingerprint density at radius 3 is 2.39 bits per heavy atom. The number of nitrogens with zero attached hydrogens (tertiary/aromatic N) is 3. The molecule has 31 heavy (non-hydrogen) atoms. The second kappa shape index (κ2) is 8.96. The number of benzene rings is 2. The molecule has 1 amide bonds. The quantitative estimate of drug-likeness (QED) is 0.563. The summed E-state index contributed by atoms with van der Waals surface area (Å²) < 4.78 is 26.1. The van der Waals surface area contributed by atoms with Gasteiger partial charge in [0.25, 0.3) is 0 Å². The van der Waals surface area contributed by atoms with E-state index >= 15 is 0 Å². The number of amides is 1. The van der Waals surface area contributed by atoms with Crippen molar-refractivity contribution in [1.29, 1.82) is 0 Å². The lowest BCUT2D eigenvalue weighted by Crippen LogP contribution is -2.48. The number of carbonyl (C=O) groups excluding carboxylic acids is 1. The first kappa shape index (κ1) is 21.8. The largest absolute Gasteiger partial charge is 0.345 e. The first-order valence-corrected chi connectivity index (χ1v) is 13.0. The second-order valence-electron chi connectivity index (χ2n) is 8.07. The number of aromatic nitrogens is 1. The lowest BCUT2D eigenvalue weighted by atomic mass is 10.2. The van der Waals surface area contributed by atoms with Crippen LogP contribution >= 0.6 is 11.3 Å². The number of sulfone groups is 1. The molecule has 6 nitrogen and oxygen atoms in total. The number of hydrogen-bond acceptors (Lipinski definition) is 6. The lowest BCUT2D eigenvalue weighted by molar-refractivity contribution is -0.131. The molecule has 1 aromatic heterocycles. The van der Waals surface area contributed by atoms with E-state index in [0.717, 1.165) is 29.3 Å². The van der Waals surface area contributed by atoms with Crippen LogP contribution in [0.2, 0.25) is 0 Å². The molecule has 3 aromatic rings. The molecule has 1 aliphatic heterocycles. The minimum Gasteiger partial charge on any atom is -0.345 e. The number of fused-ring (bicyclic) bond motifs is 1. The summed E-state index contributed by atoms with van der Waals surface area (Å²) in [5.41, 5.74) is 3.26. The van der Waals surface area contributed by atoms with Crippen molar-refractivity contribution in [2.24, 2.45) is 0 Å². The number of rotatable bonds is 6. The minimum atomic E-state index is -3.35. The number of piperazine rings is 1. The fourth-order valence-electron chi connectivity index (χ4n) is 3.74. The Kier molecular flexibility index (Phi) is 6.29. The second-order valence-corrected chi connectivity index (χ2v) is 11.2. The van der Waals surface area contributed by atoms with Crippen LogP contribution in [0.3, 0.4) is 0 Å². The van der Waals surface area contributed by atoms with Gasteiger partial charge in [-0.05, 0) is 50.1 Å². The smallest absolute Gasteiger partial charge is 0.222 e. The Morgan fingerprint density at radius 2 is 1.68 bits per heavy atom. The van der Waals surface area contributed by atoms with Crippen LogP contribution in [-0.2, 0) is 14.6 Å². The number of thiazole rings is 1. The Labute approximate surface area is 187 Å². The summed E-state index contributed by atoms with van der Waals surface area (Å²) in [4.78, 5) is 21.7. The fourth-order valence-corrected chi connectivity index (χ4v) is 6.16. The molecular formula is C23H27N3O3S2. The molecule has 8 heteroatoms. The Hall–Kier alpha value is -2.45. The molecular weight excluding hydrogens is 430 g/mol. The highest BCUT2D eigenvalue weighted by molar-refractivity contribution is 7.91. The lowest BCUT2D eigenvalue weighted by Gasteiger charge is -2.34. The SMILES string of the molecule is Cc1ccc(S(=O)(=O)CCCC(=O)N2CCN(c3nc4ccc(C)cc4s3)CC2)cc1. The van der Waals surface area contributed by atoms with Crippen LogP contribution < -0.4 is 4.90 Å². The molecule has 0 aliphatic carbocycles. The average Bonchev–Trinajstić information content (AvgIpc) is 3.17. The molecule has 1 fully saturated rings. The van der Waals surface area contributed by atoms with E-state index in [2.05, 4.69) is 30.0 Å². The molecule has 0 saturated carbocycles. The molecule has 164 valence electrons. The molecule has 2 heterocycles. The summed E-state index contributed by atoms with van der Waals surface area (Å²) in [6.45, 7) is 6.76. The van der Waals surface area contributed by atoms with Gasteiger partial charge in [-0.1, -0.05) is 35.1 Å². The predicted octanol–water partition coefficient (Wildman–Crippen LogP) is 3.82. The molecule has 1 aliphatic rings. The van der Waals surface area contributed by atoms with Crippen molar-refractivity contribution in [3.8, 4) is 0 Å². The van der Waals surface area contributed by atoms with E-state index in [-0.39, 0.29) is 18.1 Å². The minimum absolute atomic E-state index is 0.00706. The molecule has 2 aromatic carbocycles. The average molecular weight is 458 g/mol. The van der Waals surface area contributed by atoms with Crippen LogP contribution in [0.5, 0.6) is 0 Å². The highest BCUT2D eigenvalue weighted by atomic mass is 32.2. The maximum Gasteiger partial charge on any atom is 0.222 e. The summed E-state index contributed by atoms with van der Waals surface area (Å²) >= 11 is 1.69. The third kappa shape index (κ3) is 5.07. The van der Waals surface area contributed by atoms with E-state index in [1.165, 1.54) is 10.3 Å². The third-order valence-corrected chi connectivity index (χ3v) is 8.51. The predicted molar refractivity (Wildman–Crippen MR) is 126 cm³/mol. The summed E-state index contributed by atoms with van der Waals surface area (Å²) in [6, 6.07) is 13.1. The van der Waals surface area contributed by atoms with Crippen molar-refractivity contribution in [3.63, 3.8) is 0 Å². The van der Waals surface area contributed by atoms with Crippen molar-refractivity contribution >= 4 is 42.4 Å². The monoisotopic (exact) mass is 457 g/mol. The van der Waals surface area contributed by atoms with Gasteiger partial charge in [0.1, 0.15) is 0 Å². The maximum absolute atomic E-state index is 12.6. The van der Waals surface area contributed by atoms with E-state index in [1.807, 2.05) is 11.8 Å². The van der Waals surface area contributed by atoms with Crippen molar-refractivity contribution in [3.05, 3.63) is 53.6 Å². The van der Waals surface area contributed by atoms with Gasteiger partial charge in [-0.25, -0.2) is 13.4 Å². The van der Waals surface area contributed by atoms with Crippen LogP contribution in [0.15, 0.2) is 47.4 Å². The number of hydrogen-bond donors (Lipinski definition) is 0. The maximum atomic E-state index is 12.6. The van der Waals surface area contributed by atoms with Crippen LogP contribution in [-0.4, -0.2) is 56.1 Å². The van der Waals surface area contributed by atoms with Gasteiger partial charge in [0.05, 0.1) is 20.9 Å². The van der Waals surface area contributed by atoms with E-state index in [1.54, 1.807) is 35.6 Å². The van der Waals surface area contributed by atoms with Crippen LogP contribution in [0.4, 0.5) is 5.13 Å². The molecule has 0 unspecified atom stereocenters. The number of aryl methyl sites for hydroxylation is 2. The number of anilines is 1. The van der Waals surface area contributed by atoms with Crippen LogP contribution in [0.25, 0.3) is 10.2 Å². The fraction of sp³-hybridized carbons (Fsp3) is 0.391. The Morgan fingerprint density at radius 1 is 1.00 bits per heavy atom. The van der Waals surface area contributed by atoms with Gasteiger partial charge >= 0.3 is 0 Å². The summed E-state index contributed by atoms with van der Waals surface area (Å²) in [5, 5.41) is 0.997. The van der Waals surface area contributed by atoms with E-state index < -0.39 is 9.84 Å². The van der Waals surface area contributed by atoms with Crippen LogP contribution in [0, 0.1) is 13.8 Å². The standard InChI is InChI=1S/C23H27N3O3S2/c1-17-5-8-19(9-6-17)31(28,29)15-3-4-22(27)25-11-13-26(14-12-25)23-24-20-10-7-18(2)16-21(20)30-23/h5-10,16H,3-4,11-15H2,1-2H3. The first-order chi connectivity index (χ1) is 14.8. The molecule has 0 radical (unpaired) electrons. The summed E-state index contributed by atoms with van der Waals surface area (Å²) in [6.07, 6.45) is 0.595. The van der Waals surface area contributed by atoms with Crippen molar-refractivity contribution in [2.45, 2.75) is 31.6 Å². The van der Waals surface area contributed by atoms with E-state index in [9.17, 15) is 13.2 Å². The van der Waals surface area contributed by atoms with Gasteiger partial charge < -0.3 is 9.80 Å². The zero-order chi connectivity index (χ0) is 22.0. The third-order valence-electron chi connectivity index (χ3n) is 5.62. The summed E-state index contributed by atoms with van der Waals surface area (Å²) in [7, 11) is -3.35. The Balaban J connectivity index is 1.27. The molecule has 0 spiro atoms. The van der Waals surface area contributed by atoms with Gasteiger partial charge in [0.15, 0.2) is 15.0 Å². The van der Waals surface area contributed by atoms with Crippen molar-refractivity contribution in [2.75, 3.05) is 36.8 Å². The molecule has 1 saturated heterocycles. The van der Waals surface area contributed by atoms with Gasteiger partial charge in [0, 0.05) is 32.6 Å². The van der Waals surface area contributed by atoms with Crippen molar-refractivity contribution < 1.29 is 13.2 Å². The highest BCUT2D eigenvalue weighted by Gasteiger charge is 2.23. The topological polar surface area (TPSA) is 70.6 Å². The van der Waals surface area contributed by atoms with E-state index in [4.69, 9.17) is 4.98 Å². The zero-order valence-corrected chi connectivity index (χ0v) is 19.5. The number of carbonyl (C=O) groups is 1. The molecule has 0 bridgehead atoms. The molecule has 4 rings (SSSR count). The zero-order valence-electron chi connectivity index (χ0n) is 17.9. The van der Waals surface area contributed by atoms with E-state index in [0.29, 0.717) is 24.4 Å². The Bertz CT molecular complexity index is 1180. The molecule has 0 atom stereocenters. The van der Waals surface area contributed by atoms with Crippen LogP contribution in [0.1, 0.15) is 24.0 Å². The van der Waals surface area contributed by atoms with Gasteiger partial charge in [-0.3, -0.25) is 4.79 Å². The summed E-state index contributed by atoms with van der Waals surface area (Å²) in [5.74, 6) is 0.0195. The normalized spacial score (nSPS) is 14.9.